The van der Waals surface area contributed by atoms with Gasteiger partial charge >= 0.3 is 12.1 Å². The lowest BCUT2D eigenvalue weighted by Crippen LogP contribution is -2.36. The van der Waals surface area contributed by atoms with Gasteiger partial charge in [0.25, 0.3) is 0 Å². The molecule has 0 bridgehead atoms. The van der Waals surface area contributed by atoms with Crippen LogP contribution in [0.5, 0.6) is 0 Å². The molecule has 1 aliphatic carbocycles. The van der Waals surface area contributed by atoms with Gasteiger partial charge in [-0.05, 0) is 64.4 Å². The summed E-state index contributed by atoms with van der Waals surface area (Å²) in [6.45, 7) is 10.2. The molecule has 1 aromatic heterocycles. The molecule has 3 rings (SSSR count). The highest BCUT2D eigenvalue weighted by molar-refractivity contribution is 5.93. The van der Waals surface area contributed by atoms with E-state index < -0.39 is 5.60 Å². The van der Waals surface area contributed by atoms with Crippen molar-refractivity contribution in [1.82, 2.24) is 9.88 Å². The van der Waals surface area contributed by atoms with Crippen molar-refractivity contribution in [2.75, 3.05) is 31.6 Å². The van der Waals surface area contributed by atoms with Gasteiger partial charge in [0.1, 0.15) is 11.3 Å². The van der Waals surface area contributed by atoms with E-state index in [0.29, 0.717) is 30.1 Å². The lowest BCUT2D eigenvalue weighted by molar-refractivity contribution is 0.0277. The van der Waals surface area contributed by atoms with E-state index in [1.165, 1.54) is 0 Å². The molecular weight excluding hydrogens is 346 g/mol. The first-order valence-corrected chi connectivity index (χ1v) is 9.83. The first kappa shape index (κ1) is 19.6. The van der Waals surface area contributed by atoms with Crippen LogP contribution >= 0.6 is 0 Å². The zero-order chi connectivity index (χ0) is 19.6. The first-order chi connectivity index (χ1) is 12.8. The number of hydrogen-bond donors (Lipinski definition) is 2. The van der Waals surface area contributed by atoms with Gasteiger partial charge in [-0.3, -0.25) is 0 Å². The summed E-state index contributed by atoms with van der Waals surface area (Å²) in [5.74, 6) is 1.30. The number of esters is 1. The third-order valence-electron chi connectivity index (χ3n) is 5.31. The van der Waals surface area contributed by atoms with Crippen molar-refractivity contribution in [2.45, 2.75) is 46.1 Å². The van der Waals surface area contributed by atoms with Crippen LogP contribution in [0.3, 0.4) is 0 Å². The van der Waals surface area contributed by atoms with Gasteiger partial charge in [0, 0.05) is 25.8 Å². The topological polar surface area (TPSA) is 83.7 Å². The normalized spacial score (nSPS) is 24.6. The molecule has 0 aromatic carbocycles. The third kappa shape index (κ3) is 4.76. The maximum absolute atomic E-state index is 12.3. The van der Waals surface area contributed by atoms with Crippen molar-refractivity contribution in [2.24, 2.45) is 17.8 Å². The van der Waals surface area contributed by atoms with Gasteiger partial charge < -0.3 is 24.7 Å². The van der Waals surface area contributed by atoms with Gasteiger partial charge in [0.15, 0.2) is 0 Å². The molecule has 27 heavy (non-hydrogen) atoms. The van der Waals surface area contributed by atoms with Crippen LogP contribution in [0.1, 0.15) is 51.0 Å². The lowest BCUT2D eigenvalue weighted by atomic mass is 10.0. The summed E-state index contributed by atoms with van der Waals surface area (Å²) in [6, 6.07) is 1.87. The standard InChI is InChI=1S/C20H31N3O4/c1-5-26-18(24)17-16(6-7-21-17)22-10-13-8-14-11-23(12-15(14)9-13)19(25)27-20(2,3)4/h6-7,13-15,21-22H,5,8-12H2,1-4H3. The molecule has 2 N–H and O–H groups in total. The van der Waals surface area contributed by atoms with E-state index in [0.717, 1.165) is 38.2 Å². The van der Waals surface area contributed by atoms with Crippen LogP contribution in [0.15, 0.2) is 12.3 Å². The number of likely N-dealkylation sites (tertiary alicyclic amines) is 1. The Morgan fingerprint density at radius 1 is 1.26 bits per heavy atom. The number of anilines is 1. The Hall–Kier alpha value is -2.18. The molecule has 0 radical (unpaired) electrons. The summed E-state index contributed by atoms with van der Waals surface area (Å²) in [4.78, 5) is 29.0. The molecule has 2 unspecified atom stereocenters. The van der Waals surface area contributed by atoms with E-state index in [9.17, 15) is 9.59 Å². The summed E-state index contributed by atoms with van der Waals surface area (Å²) in [5, 5.41) is 3.39. The van der Waals surface area contributed by atoms with Gasteiger partial charge in [0.2, 0.25) is 0 Å². The van der Waals surface area contributed by atoms with Crippen molar-refractivity contribution in [1.29, 1.82) is 0 Å². The van der Waals surface area contributed by atoms with Crippen molar-refractivity contribution >= 4 is 17.7 Å². The van der Waals surface area contributed by atoms with Crippen molar-refractivity contribution < 1.29 is 19.1 Å². The van der Waals surface area contributed by atoms with Crippen molar-refractivity contribution in [3.63, 3.8) is 0 Å². The Balaban J connectivity index is 1.47. The maximum Gasteiger partial charge on any atom is 0.410 e. The highest BCUT2D eigenvalue weighted by atomic mass is 16.6. The molecule has 1 aromatic rings. The fourth-order valence-electron chi connectivity index (χ4n) is 4.21. The highest BCUT2D eigenvalue weighted by Crippen LogP contribution is 2.42. The second kappa shape index (κ2) is 7.82. The number of carbonyl (C=O) groups is 2. The average molecular weight is 377 g/mol. The van der Waals surface area contributed by atoms with Crippen LogP contribution in [0.25, 0.3) is 0 Å². The van der Waals surface area contributed by atoms with E-state index in [-0.39, 0.29) is 12.1 Å². The SMILES string of the molecule is CCOC(=O)c1[nH]ccc1NCC1CC2CN(C(=O)OC(C)(C)C)CC2C1. The van der Waals surface area contributed by atoms with E-state index >= 15 is 0 Å². The predicted molar refractivity (Wildman–Crippen MR) is 103 cm³/mol. The summed E-state index contributed by atoms with van der Waals surface area (Å²) in [5.41, 5.74) is 0.820. The molecular formula is C20H31N3O4. The lowest BCUT2D eigenvalue weighted by Gasteiger charge is -2.25. The van der Waals surface area contributed by atoms with Crippen LogP contribution in [-0.4, -0.2) is 53.8 Å². The molecule has 7 heteroatoms. The molecule has 0 spiro atoms. The van der Waals surface area contributed by atoms with E-state index in [2.05, 4.69) is 10.3 Å². The minimum Gasteiger partial charge on any atom is -0.461 e. The molecule has 2 heterocycles. The quantitative estimate of drug-likeness (QED) is 0.768. The van der Waals surface area contributed by atoms with Crippen LogP contribution < -0.4 is 5.32 Å². The number of carbonyl (C=O) groups excluding carboxylic acids is 2. The van der Waals surface area contributed by atoms with E-state index in [1.54, 1.807) is 13.1 Å². The van der Waals surface area contributed by atoms with Gasteiger partial charge in [0.05, 0.1) is 12.3 Å². The summed E-state index contributed by atoms with van der Waals surface area (Å²) in [7, 11) is 0. The number of nitrogens with one attached hydrogen (secondary N) is 2. The zero-order valence-electron chi connectivity index (χ0n) is 16.7. The number of rotatable bonds is 5. The van der Waals surface area contributed by atoms with Crippen LogP contribution in [0.4, 0.5) is 10.5 Å². The predicted octanol–water partition coefficient (Wildman–Crippen LogP) is 3.50. The number of H-pyrrole nitrogens is 1. The van der Waals surface area contributed by atoms with E-state index in [1.807, 2.05) is 31.7 Å². The molecule has 1 amide bonds. The van der Waals surface area contributed by atoms with Crippen LogP contribution in [-0.2, 0) is 9.47 Å². The van der Waals surface area contributed by atoms with Gasteiger partial charge in [-0.2, -0.15) is 0 Å². The number of amides is 1. The minimum atomic E-state index is -0.450. The second-order valence-corrected chi connectivity index (χ2v) is 8.61. The molecule has 2 atom stereocenters. The number of aromatic amines is 1. The van der Waals surface area contributed by atoms with Crippen LogP contribution in [0, 0.1) is 17.8 Å². The fourth-order valence-corrected chi connectivity index (χ4v) is 4.21. The van der Waals surface area contributed by atoms with Crippen molar-refractivity contribution in [3.05, 3.63) is 18.0 Å². The molecule has 7 nitrogen and oxygen atoms in total. The molecule has 1 saturated heterocycles. The molecule has 1 saturated carbocycles. The smallest absolute Gasteiger partial charge is 0.410 e. The van der Waals surface area contributed by atoms with Gasteiger partial charge in [-0.1, -0.05) is 0 Å². The van der Waals surface area contributed by atoms with Gasteiger partial charge in [-0.25, -0.2) is 9.59 Å². The van der Waals surface area contributed by atoms with Gasteiger partial charge in [-0.15, -0.1) is 0 Å². The zero-order valence-corrected chi connectivity index (χ0v) is 16.7. The van der Waals surface area contributed by atoms with Crippen molar-refractivity contribution in [3.8, 4) is 0 Å². The Bertz CT molecular complexity index is 665. The first-order valence-electron chi connectivity index (χ1n) is 9.83. The van der Waals surface area contributed by atoms with E-state index in [4.69, 9.17) is 9.47 Å². The Labute approximate surface area is 160 Å². The summed E-state index contributed by atoms with van der Waals surface area (Å²) in [6.07, 6.45) is 3.74. The summed E-state index contributed by atoms with van der Waals surface area (Å²) < 4.78 is 10.6. The number of ether oxygens (including phenoxy) is 2. The second-order valence-electron chi connectivity index (χ2n) is 8.61. The average Bonchev–Trinajstić information content (AvgIpc) is 3.25. The minimum absolute atomic E-state index is 0.196. The highest BCUT2D eigenvalue weighted by Gasteiger charge is 2.43. The molecule has 1 aliphatic heterocycles. The maximum atomic E-state index is 12.3. The Morgan fingerprint density at radius 3 is 2.52 bits per heavy atom. The number of nitrogens with zero attached hydrogens (tertiary/aromatic N) is 1. The monoisotopic (exact) mass is 377 g/mol. The summed E-state index contributed by atoms with van der Waals surface area (Å²) >= 11 is 0. The fraction of sp³-hybridized carbons (Fsp3) is 0.700. The van der Waals surface area contributed by atoms with Crippen LogP contribution in [0.2, 0.25) is 0 Å². The third-order valence-corrected chi connectivity index (χ3v) is 5.31. The Kier molecular flexibility index (Phi) is 5.67. The molecule has 2 aliphatic rings. The molecule has 2 fully saturated rings. The number of hydrogen-bond acceptors (Lipinski definition) is 5. The largest absolute Gasteiger partial charge is 0.461 e. The molecule has 150 valence electrons. The number of fused-ring (bicyclic) bond motifs is 1. The number of aromatic nitrogens is 1. The Morgan fingerprint density at radius 2 is 1.93 bits per heavy atom.